The topological polar surface area (TPSA) is 59.2 Å². The van der Waals surface area contributed by atoms with Crippen molar-refractivity contribution in [3.05, 3.63) is 119 Å². The largest absolute Gasteiger partial charge is 0.445 e. The summed E-state index contributed by atoms with van der Waals surface area (Å²) in [7, 11) is 0. The van der Waals surface area contributed by atoms with E-state index in [-0.39, 0.29) is 17.6 Å². The van der Waals surface area contributed by atoms with Crippen LogP contribution in [0.1, 0.15) is 57.6 Å². The molecule has 34 heavy (non-hydrogen) atoms. The SMILES string of the molecule is O=C(c1ccnc(Cc2ccccc2)c1)N1CCC[C@H](c2ncc(Cc3cccc(F)c3)o2)C1. The average molecular weight is 456 g/mol. The second-order valence-electron chi connectivity index (χ2n) is 8.76. The van der Waals surface area contributed by atoms with Crippen LogP contribution in [-0.2, 0) is 12.8 Å². The molecule has 1 saturated heterocycles. The molecule has 1 fully saturated rings. The molecule has 2 aromatic carbocycles. The van der Waals surface area contributed by atoms with Gasteiger partial charge in [0.1, 0.15) is 11.6 Å². The number of nitrogens with zero attached hydrogens (tertiary/aromatic N) is 3. The highest BCUT2D eigenvalue weighted by Gasteiger charge is 2.28. The van der Waals surface area contributed by atoms with Gasteiger partial charge in [0.25, 0.3) is 5.91 Å². The Morgan fingerprint density at radius 2 is 1.85 bits per heavy atom. The molecule has 0 spiro atoms. The van der Waals surface area contributed by atoms with Crippen LogP contribution < -0.4 is 0 Å². The molecule has 4 aromatic rings. The third-order valence-corrected chi connectivity index (χ3v) is 6.19. The van der Waals surface area contributed by atoms with E-state index >= 15 is 0 Å². The van der Waals surface area contributed by atoms with Gasteiger partial charge in [-0.25, -0.2) is 9.37 Å². The minimum atomic E-state index is -0.262. The van der Waals surface area contributed by atoms with E-state index in [1.807, 2.05) is 35.2 Å². The Labute approximate surface area is 198 Å². The lowest BCUT2D eigenvalue weighted by Gasteiger charge is -2.31. The molecule has 1 atom stereocenters. The van der Waals surface area contributed by atoms with E-state index in [0.29, 0.717) is 43.1 Å². The number of oxazole rings is 1. The van der Waals surface area contributed by atoms with E-state index in [9.17, 15) is 9.18 Å². The summed E-state index contributed by atoms with van der Waals surface area (Å²) < 4.78 is 19.5. The van der Waals surface area contributed by atoms with E-state index in [2.05, 4.69) is 22.1 Å². The van der Waals surface area contributed by atoms with Gasteiger partial charge < -0.3 is 9.32 Å². The van der Waals surface area contributed by atoms with Gasteiger partial charge in [0, 0.05) is 43.4 Å². The molecule has 0 bridgehead atoms. The van der Waals surface area contributed by atoms with Gasteiger partial charge in [-0.3, -0.25) is 9.78 Å². The summed E-state index contributed by atoms with van der Waals surface area (Å²) in [6.07, 6.45) is 6.40. The first-order valence-electron chi connectivity index (χ1n) is 11.6. The van der Waals surface area contributed by atoms with E-state index in [1.54, 1.807) is 24.5 Å². The molecule has 1 aliphatic heterocycles. The maximum absolute atomic E-state index is 13.5. The number of rotatable bonds is 6. The number of halogens is 1. The summed E-state index contributed by atoms with van der Waals surface area (Å²) in [6.45, 7) is 1.28. The predicted molar refractivity (Wildman–Crippen MR) is 127 cm³/mol. The van der Waals surface area contributed by atoms with Crippen molar-refractivity contribution in [2.45, 2.75) is 31.6 Å². The first kappa shape index (κ1) is 22.0. The molecule has 3 heterocycles. The third kappa shape index (κ3) is 5.22. The molecule has 0 aliphatic carbocycles. The first-order chi connectivity index (χ1) is 16.6. The lowest BCUT2D eigenvalue weighted by atomic mass is 9.97. The smallest absolute Gasteiger partial charge is 0.253 e. The number of piperidine rings is 1. The van der Waals surface area contributed by atoms with Crippen LogP contribution in [0.25, 0.3) is 0 Å². The molecular formula is C28H26FN3O2. The Bertz CT molecular complexity index is 1270. The standard InChI is InChI=1S/C28H26FN3O2/c29-24-10-4-8-21(14-24)16-26-18-31-27(34-26)23-9-5-13-32(19-23)28(33)22-11-12-30-25(17-22)15-20-6-2-1-3-7-20/h1-4,6-8,10-12,14,17-18,23H,5,9,13,15-16,19H2/t23-/m0/s1. The maximum Gasteiger partial charge on any atom is 0.253 e. The van der Waals surface area contributed by atoms with Crippen molar-refractivity contribution < 1.29 is 13.6 Å². The third-order valence-electron chi connectivity index (χ3n) is 6.19. The molecule has 5 rings (SSSR count). The molecule has 5 nitrogen and oxygen atoms in total. The minimum absolute atomic E-state index is 0.00736. The van der Waals surface area contributed by atoms with E-state index in [0.717, 1.165) is 29.7 Å². The Morgan fingerprint density at radius 1 is 1.00 bits per heavy atom. The zero-order valence-corrected chi connectivity index (χ0v) is 18.9. The van der Waals surface area contributed by atoms with Gasteiger partial charge in [0.2, 0.25) is 0 Å². The van der Waals surface area contributed by atoms with Crippen molar-refractivity contribution >= 4 is 5.91 Å². The fraction of sp³-hybridized carbons (Fsp3) is 0.250. The molecule has 1 amide bonds. The van der Waals surface area contributed by atoms with E-state index in [1.165, 1.54) is 12.1 Å². The summed E-state index contributed by atoms with van der Waals surface area (Å²) >= 11 is 0. The summed E-state index contributed by atoms with van der Waals surface area (Å²) in [6, 6.07) is 20.3. The molecule has 6 heteroatoms. The first-order valence-corrected chi connectivity index (χ1v) is 11.6. The second-order valence-corrected chi connectivity index (χ2v) is 8.76. The van der Waals surface area contributed by atoms with Crippen molar-refractivity contribution in [2.24, 2.45) is 0 Å². The molecule has 172 valence electrons. The van der Waals surface area contributed by atoms with Crippen molar-refractivity contribution in [1.29, 1.82) is 0 Å². The molecule has 0 saturated carbocycles. The molecule has 1 aliphatic rings. The Balaban J connectivity index is 1.25. The van der Waals surface area contributed by atoms with Crippen LogP contribution in [0.15, 0.2) is 83.5 Å². The second kappa shape index (κ2) is 10.00. The van der Waals surface area contributed by atoms with Crippen LogP contribution >= 0.6 is 0 Å². The lowest BCUT2D eigenvalue weighted by molar-refractivity contribution is 0.0697. The molecule has 0 unspecified atom stereocenters. The van der Waals surface area contributed by atoms with Crippen LogP contribution in [0, 0.1) is 5.82 Å². The Hall–Kier alpha value is -3.80. The van der Waals surface area contributed by atoms with Gasteiger partial charge in [-0.2, -0.15) is 0 Å². The van der Waals surface area contributed by atoms with E-state index in [4.69, 9.17) is 4.42 Å². The minimum Gasteiger partial charge on any atom is -0.445 e. The molecule has 2 aromatic heterocycles. The zero-order chi connectivity index (χ0) is 23.3. The highest BCUT2D eigenvalue weighted by atomic mass is 19.1. The number of pyridine rings is 1. The summed E-state index contributed by atoms with van der Waals surface area (Å²) in [5.41, 5.74) is 3.53. The number of aromatic nitrogens is 2. The number of carbonyl (C=O) groups is 1. The van der Waals surface area contributed by atoms with Crippen LogP contribution in [0.2, 0.25) is 0 Å². The molecular weight excluding hydrogens is 429 g/mol. The Kier molecular flexibility index (Phi) is 6.47. The summed E-state index contributed by atoms with van der Waals surface area (Å²) in [5.74, 6) is 1.13. The van der Waals surface area contributed by atoms with Gasteiger partial charge in [0.15, 0.2) is 5.89 Å². The van der Waals surface area contributed by atoms with Crippen molar-refractivity contribution in [1.82, 2.24) is 14.9 Å². The van der Waals surface area contributed by atoms with Gasteiger partial charge >= 0.3 is 0 Å². The molecule has 0 radical (unpaired) electrons. The lowest BCUT2D eigenvalue weighted by Crippen LogP contribution is -2.39. The van der Waals surface area contributed by atoms with Crippen LogP contribution in [0.4, 0.5) is 4.39 Å². The fourth-order valence-electron chi connectivity index (χ4n) is 4.50. The van der Waals surface area contributed by atoms with Crippen LogP contribution in [-0.4, -0.2) is 33.9 Å². The zero-order valence-electron chi connectivity index (χ0n) is 18.9. The normalized spacial score (nSPS) is 15.9. The number of carbonyl (C=O) groups excluding carboxylic acids is 1. The maximum atomic E-state index is 13.5. The summed E-state index contributed by atoms with van der Waals surface area (Å²) in [4.78, 5) is 24.1. The van der Waals surface area contributed by atoms with Gasteiger partial charge in [-0.05, 0) is 48.2 Å². The Morgan fingerprint density at radius 3 is 2.71 bits per heavy atom. The monoisotopic (exact) mass is 455 g/mol. The predicted octanol–water partition coefficient (Wildman–Crippen LogP) is 5.41. The molecule has 0 N–H and O–H groups in total. The number of hydrogen-bond donors (Lipinski definition) is 0. The van der Waals surface area contributed by atoms with Gasteiger partial charge in [-0.15, -0.1) is 0 Å². The van der Waals surface area contributed by atoms with Crippen LogP contribution in [0.5, 0.6) is 0 Å². The van der Waals surface area contributed by atoms with Crippen molar-refractivity contribution in [2.75, 3.05) is 13.1 Å². The van der Waals surface area contributed by atoms with Crippen molar-refractivity contribution in [3.63, 3.8) is 0 Å². The summed E-state index contributed by atoms with van der Waals surface area (Å²) in [5, 5.41) is 0. The number of benzene rings is 2. The van der Waals surface area contributed by atoms with Gasteiger partial charge in [-0.1, -0.05) is 42.5 Å². The van der Waals surface area contributed by atoms with E-state index < -0.39 is 0 Å². The number of likely N-dealkylation sites (tertiary alicyclic amines) is 1. The number of hydrogen-bond acceptors (Lipinski definition) is 4. The average Bonchev–Trinajstić information content (AvgIpc) is 3.33. The fourth-order valence-corrected chi connectivity index (χ4v) is 4.50. The van der Waals surface area contributed by atoms with Crippen molar-refractivity contribution in [3.8, 4) is 0 Å². The highest BCUT2D eigenvalue weighted by Crippen LogP contribution is 2.28. The quantitative estimate of drug-likeness (QED) is 0.390. The highest BCUT2D eigenvalue weighted by molar-refractivity contribution is 5.94. The van der Waals surface area contributed by atoms with Crippen LogP contribution in [0.3, 0.4) is 0 Å². The number of amides is 1. The van der Waals surface area contributed by atoms with Gasteiger partial charge in [0.05, 0.1) is 12.1 Å².